The van der Waals surface area contributed by atoms with Crippen LogP contribution in [0, 0.1) is 5.41 Å². The molecule has 3 rings (SSSR count). The number of nitrogens with one attached hydrogen (secondary N) is 2. The molecule has 4 amide bonds. The number of aromatic hydroxyl groups is 1. The number of imide groups is 1. The lowest BCUT2D eigenvalue weighted by Crippen LogP contribution is -2.68. The molecule has 3 atom stereocenters. The number of halogens is 1. The predicted molar refractivity (Wildman–Crippen MR) is 127 cm³/mol. The summed E-state index contributed by atoms with van der Waals surface area (Å²) < 4.78 is 10.2. The lowest BCUT2D eigenvalue weighted by molar-refractivity contribution is -0.761. The maximum absolute atomic E-state index is 14.0. The Labute approximate surface area is 209 Å². The summed E-state index contributed by atoms with van der Waals surface area (Å²) in [6.45, 7) is 7.97. The SMILES string of the molecule is CCO[C@H]1CC(=O)O[C@H]1NC(=O)[N+]1(C(=O)[C@@H](NC(=O)c2cccc(O)c2Cl)C(C)(C)C)CCCC1. The third-order valence-corrected chi connectivity index (χ3v) is 6.76. The predicted octanol–water partition coefficient (Wildman–Crippen LogP) is 2.72. The van der Waals surface area contributed by atoms with Crippen LogP contribution in [0.2, 0.25) is 5.02 Å². The van der Waals surface area contributed by atoms with E-state index in [0.29, 0.717) is 19.4 Å². The quantitative estimate of drug-likeness (QED) is 0.396. The van der Waals surface area contributed by atoms with Crippen molar-refractivity contribution in [3.63, 3.8) is 0 Å². The zero-order valence-corrected chi connectivity index (χ0v) is 21.2. The zero-order valence-electron chi connectivity index (χ0n) is 20.4. The number of amides is 4. The Morgan fingerprint density at radius 3 is 2.51 bits per heavy atom. The van der Waals surface area contributed by atoms with E-state index < -0.39 is 52.1 Å². The molecule has 2 aliphatic heterocycles. The first-order valence-corrected chi connectivity index (χ1v) is 12.1. The number of phenolic OH excluding ortho intramolecular Hbond substituents is 1. The number of ether oxygens (including phenoxy) is 2. The van der Waals surface area contributed by atoms with E-state index >= 15 is 0 Å². The highest BCUT2D eigenvalue weighted by atomic mass is 35.5. The van der Waals surface area contributed by atoms with Gasteiger partial charge in [0.15, 0.2) is 6.04 Å². The minimum Gasteiger partial charge on any atom is -0.506 e. The highest BCUT2D eigenvalue weighted by molar-refractivity contribution is 6.35. The van der Waals surface area contributed by atoms with Gasteiger partial charge in [-0.3, -0.25) is 14.9 Å². The largest absolute Gasteiger partial charge is 0.506 e. The third kappa shape index (κ3) is 5.60. The van der Waals surface area contributed by atoms with Crippen LogP contribution in [0.4, 0.5) is 4.79 Å². The van der Waals surface area contributed by atoms with Gasteiger partial charge in [-0.1, -0.05) is 38.4 Å². The monoisotopic (exact) mass is 510 g/mol. The van der Waals surface area contributed by atoms with Crippen molar-refractivity contribution in [3.05, 3.63) is 28.8 Å². The number of cyclic esters (lactones) is 1. The molecule has 2 fully saturated rings. The molecule has 0 aliphatic carbocycles. The normalized spacial score (nSPS) is 22.4. The van der Waals surface area contributed by atoms with Gasteiger partial charge in [0.25, 0.3) is 5.91 Å². The molecular formula is C24H33ClN3O7+. The van der Waals surface area contributed by atoms with Crippen molar-refractivity contribution >= 4 is 35.4 Å². The van der Waals surface area contributed by atoms with Crippen molar-refractivity contribution in [2.75, 3.05) is 19.7 Å². The number of urea groups is 1. The van der Waals surface area contributed by atoms with Gasteiger partial charge in [-0.15, -0.1) is 0 Å². The molecule has 1 aromatic carbocycles. The Balaban J connectivity index is 1.88. The number of rotatable bonds is 6. The molecule has 1 aromatic rings. The molecular weight excluding hydrogens is 478 g/mol. The average molecular weight is 511 g/mol. The van der Waals surface area contributed by atoms with Gasteiger partial charge in [0.05, 0.1) is 30.1 Å². The molecule has 0 saturated carbocycles. The first-order valence-electron chi connectivity index (χ1n) is 11.7. The van der Waals surface area contributed by atoms with Gasteiger partial charge in [0, 0.05) is 19.4 Å². The number of hydrogen-bond donors (Lipinski definition) is 3. The molecule has 192 valence electrons. The molecule has 11 heteroatoms. The summed E-state index contributed by atoms with van der Waals surface area (Å²) in [5.74, 6) is -1.86. The summed E-state index contributed by atoms with van der Waals surface area (Å²) in [7, 11) is 0. The van der Waals surface area contributed by atoms with E-state index in [1.807, 2.05) is 0 Å². The van der Waals surface area contributed by atoms with E-state index in [1.165, 1.54) is 18.2 Å². The van der Waals surface area contributed by atoms with Crippen molar-refractivity contribution in [2.45, 2.75) is 65.3 Å². The summed E-state index contributed by atoms with van der Waals surface area (Å²) in [6.07, 6.45) is -0.339. The maximum atomic E-state index is 14.0. The first kappa shape index (κ1) is 26.9. The van der Waals surface area contributed by atoms with E-state index in [2.05, 4.69) is 10.6 Å². The molecule has 2 aliphatic rings. The molecule has 2 heterocycles. The van der Waals surface area contributed by atoms with Crippen LogP contribution in [-0.2, 0) is 19.1 Å². The van der Waals surface area contributed by atoms with Crippen LogP contribution in [0.25, 0.3) is 0 Å². The summed E-state index contributed by atoms with van der Waals surface area (Å²) >= 11 is 6.10. The highest BCUT2D eigenvalue weighted by Gasteiger charge is 2.54. The number of nitrogens with zero attached hydrogens (tertiary/aromatic N) is 1. The van der Waals surface area contributed by atoms with Gasteiger partial charge in [0.1, 0.15) is 11.9 Å². The summed E-state index contributed by atoms with van der Waals surface area (Å²) in [5.41, 5.74) is -0.735. The minimum atomic E-state index is -1.05. The molecule has 35 heavy (non-hydrogen) atoms. The van der Waals surface area contributed by atoms with Gasteiger partial charge in [-0.25, -0.2) is 9.59 Å². The van der Waals surface area contributed by atoms with Crippen molar-refractivity contribution in [1.82, 2.24) is 10.6 Å². The number of esters is 1. The smallest absolute Gasteiger partial charge is 0.427 e. The molecule has 0 unspecified atom stereocenters. The number of quaternary nitrogens is 1. The number of phenols is 1. The number of hydrogen-bond acceptors (Lipinski definition) is 7. The zero-order chi connectivity index (χ0) is 26.0. The van der Waals surface area contributed by atoms with Crippen LogP contribution < -0.4 is 10.6 Å². The average Bonchev–Trinajstić information content (AvgIpc) is 3.40. The van der Waals surface area contributed by atoms with Crippen LogP contribution in [0.3, 0.4) is 0 Å². The van der Waals surface area contributed by atoms with E-state index in [0.717, 1.165) is 0 Å². The second-order valence-electron chi connectivity index (χ2n) is 9.93. The Bertz CT molecular complexity index is 1000. The summed E-state index contributed by atoms with van der Waals surface area (Å²) in [6, 6.07) is 2.62. The van der Waals surface area contributed by atoms with E-state index in [9.17, 15) is 24.3 Å². The number of carbonyl (C=O) groups is 4. The third-order valence-electron chi connectivity index (χ3n) is 6.36. The Kier molecular flexibility index (Phi) is 8.08. The maximum Gasteiger partial charge on any atom is 0.427 e. The Hall–Kier alpha value is -2.69. The van der Waals surface area contributed by atoms with Crippen molar-refractivity contribution in [2.24, 2.45) is 5.41 Å². The van der Waals surface area contributed by atoms with Crippen LogP contribution in [0.5, 0.6) is 5.75 Å². The van der Waals surface area contributed by atoms with Gasteiger partial charge in [-0.2, -0.15) is 4.48 Å². The van der Waals surface area contributed by atoms with Crippen LogP contribution >= 0.6 is 11.6 Å². The highest BCUT2D eigenvalue weighted by Crippen LogP contribution is 2.31. The second-order valence-corrected chi connectivity index (χ2v) is 10.3. The second kappa shape index (κ2) is 10.5. The lowest BCUT2D eigenvalue weighted by atomic mass is 9.85. The fraction of sp³-hybridized carbons (Fsp3) is 0.583. The Morgan fingerprint density at radius 2 is 1.91 bits per heavy atom. The van der Waals surface area contributed by atoms with Crippen molar-refractivity contribution < 1.29 is 38.2 Å². The molecule has 0 spiro atoms. The summed E-state index contributed by atoms with van der Waals surface area (Å²) in [5, 5.41) is 15.2. The molecule has 10 nitrogen and oxygen atoms in total. The number of benzene rings is 1. The topological polar surface area (TPSA) is 131 Å². The van der Waals surface area contributed by atoms with Gasteiger partial charge in [0.2, 0.25) is 6.23 Å². The van der Waals surface area contributed by atoms with Gasteiger partial charge in [-0.05, 0) is 24.5 Å². The fourth-order valence-electron chi connectivity index (χ4n) is 4.46. The first-order chi connectivity index (χ1) is 16.4. The minimum absolute atomic E-state index is 0.0120. The molecule has 0 bridgehead atoms. The molecule has 0 radical (unpaired) electrons. The number of carbonyl (C=O) groups excluding carboxylic acids is 4. The van der Waals surface area contributed by atoms with E-state index in [-0.39, 0.29) is 35.8 Å². The molecule has 2 saturated heterocycles. The fourth-order valence-corrected chi connectivity index (χ4v) is 4.68. The van der Waals surface area contributed by atoms with Gasteiger partial charge >= 0.3 is 17.9 Å². The van der Waals surface area contributed by atoms with E-state index in [4.69, 9.17) is 21.1 Å². The summed E-state index contributed by atoms with van der Waals surface area (Å²) in [4.78, 5) is 52.4. The van der Waals surface area contributed by atoms with Crippen LogP contribution in [0.1, 0.15) is 57.3 Å². The molecule has 3 N–H and O–H groups in total. The standard InChI is InChI=1S/C24H32ClN3O7/c1-5-34-16-13-17(30)35-21(16)27-23(33)28(11-6-7-12-28)22(32)19(24(2,3)4)26-20(31)14-9-8-10-15(29)18(14)25/h8-10,16,19,21H,5-7,11-13H2,1-4H3,(H2-,26,27,29,31,33)/p+1/t16-,19+,21+/m0/s1. The Morgan fingerprint density at radius 1 is 1.26 bits per heavy atom. The van der Waals surface area contributed by atoms with Crippen LogP contribution in [-0.4, -0.2) is 71.5 Å². The van der Waals surface area contributed by atoms with Crippen molar-refractivity contribution in [3.8, 4) is 5.75 Å². The number of likely N-dealkylation sites (tertiary alicyclic amines) is 1. The van der Waals surface area contributed by atoms with Gasteiger partial charge < -0.3 is 19.9 Å². The lowest BCUT2D eigenvalue weighted by Gasteiger charge is -2.37. The van der Waals surface area contributed by atoms with Crippen molar-refractivity contribution in [1.29, 1.82) is 0 Å². The molecule has 0 aromatic heterocycles. The van der Waals surface area contributed by atoms with Crippen LogP contribution in [0.15, 0.2) is 18.2 Å². The van der Waals surface area contributed by atoms with E-state index in [1.54, 1.807) is 27.7 Å².